The fourth-order valence-electron chi connectivity index (χ4n) is 4.79. The van der Waals surface area contributed by atoms with Crippen LogP contribution in [0.25, 0.3) is 0 Å². The van der Waals surface area contributed by atoms with E-state index in [0.29, 0.717) is 25.7 Å². The molecule has 0 N–H and O–H groups in total. The third-order valence-corrected chi connectivity index (χ3v) is 7.40. The molecule has 0 bridgehead atoms. The van der Waals surface area contributed by atoms with E-state index in [0.717, 1.165) is 12.2 Å². The molecule has 0 aliphatic carbocycles. The SMILES string of the molecule is C=CC(=O)OCCCCOC(=O)Oc1ccc(C(=O)O[C@@H]2COC3C2OC[C@H]3OC(=O)c2ccc(OC(=O)OCCCCOC(=O)C=C)cc2)cc1. The molecule has 16 nitrogen and oxygen atoms in total. The number of ether oxygens (including phenoxy) is 10. The average Bonchev–Trinajstić information content (AvgIpc) is 3.74. The van der Waals surface area contributed by atoms with Crippen molar-refractivity contribution in [2.75, 3.05) is 39.6 Å². The van der Waals surface area contributed by atoms with Crippen molar-refractivity contribution in [3.8, 4) is 11.5 Å². The largest absolute Gasteiger partial charge is 0.513 e. The summed E-state index contributed by atoms with van der Waals surface area (Å²) in [7, 11) is 0. The maximum absolute atomic E-state index is 12.8. The Balaban J connectivity index is 1.14. The van der Waals surface area contributed by atoms with Gasteiger partial charge in [-0.2, -0.15) is 0 Å². The van der Waals surface area contributed by atoms with Crippen LogP contribution in [0.15, 0.2) is 73.8 Å². The summed E-state index contributed by atoms with van der Waals surface area (Å²) in [6, 6.07) is 11.3. The maximum Gasteiger partial charge on any atom is 0.513 e. The molecule has 52 heavy (non-hydrogen) atoms. The molecule has 0 saturated carbocycles. The minimum absolute atomic E-state index is 0.0176. The molecule has 0 aromatic heterocycles. The van der Waals surface area contributed by atoms with Crippen LogP contribution in [0.3, 0.4) is 0 Å². The van der Waals surface area contributed by atoms with E-state index in [1.54, 1.807) is 0 Å². The number of esters is 4. The van der Waals surface area contributed by atoms with Crippen LogP contribution in [0, 0.1) is 0 Å². The molecule has 2 aliphatic rings. The molecule has 16 heteroatoms. The van der Waals surface area contributed by atoms with Gasteiger partial charge in [0, 0.05) is 12.2 Å². The summed E-state index contributed by atoms with van der Waals surface area (Å²) in [5.41, 5.74) is 0.368. The zero-order valence-electron chi connectivity index (χ0n) is 28.1. The Hall–Kier alpha value is -5.74. The first-order valence-corrected chi connectivity index (χ1v) is 16.3. The lowest BCUT2D eigenvalue weighted by atomic mass is 10.1. The molecule has 2 aromatic carbocycles. The highest BCUT2D eigenvalue weighted by molar-refractivity contribution is 5.90. The minimum atomic E-state index is -0.930. The highest BCUT2D eigenvalue weighted by atomic mass is 16.7. The van der Waals surface area contributed by atoms with Crippen molar-refractivity contribution >= 4 is 36.2 Å². The van der Waals surface area contributed by atoms with Crippen molar-refractivity contribution in [1.82, 2.24) is 0 Å². The van der Waals surface area contributed by atoms with Gasteiger partial charge in [-0.15, -0.1) is 0 Å². The van der Waals surface area contributed by atoms with Gasteiger partial charge in [0.1, 0.15) is 23.7 Å². The quantitative estimate of drug-likeness (QED) is 0.0693. The lowest BCUT2D eigenvalue weighted by Gasteiger charge is -2.17. The number of hydrogen-bond acceptors (Lipinski definition) is 16. The van der Waals surface area contributed by atoms with Gasteiger partial charge >= 0.3 is 36.2 Å². The van der Waals surface area contributed by atoms with Crippen LogP contribution < -0.4 is 9.47 Å². The van der Waals surface area contributed by atoms with Gasteiger partial charge < -0.3 is 47.4 Å². The third kappa shape index (κ3) is 12.2. The standard InChI is InChI=1S/C36H38O16/c1-3-29(37)43-17-5-7-19-45-35(41)49-25-13-9-23(10-14-25)33(39)51-27-21-47-32-28(22-48-31(27)32)52-34(40)24-11-15-26(16-12-24)50-36(42)46-20-8-6-18-44-30(38)4-2/h3-4,9-16,27-28,31-32H,1-2,5-8,17-22H2/t27-,28-,31?,32?/m1/s1. The predicted molar refractivity (Wildman–Crippen MR) is 176 cm³/mol. The van der Waals surface area contributed by atoms with Crippen molar-refractivity contribution in [3.05, 3.63) is 85.0 Å². The van der Waals surface area contributed by atoms with Gasteiger partial charge in [-0.25, -0.2) is 28.8 Å². The zero-order valence-corrected chi connectivity index (χ0v) is 28.1. The van der Waals surface area contributed by atoms with Gasteiger partial charge in [0.2, 0.25) is 0 Å². The summed E-state index contributed by atoms with van der Waals surface area (Å²) < 4.78 is 52.6. The fraction of sp³-hybridized carbons (Fsp3) is 0.389. The first-order chi connectivity index (χ1) is 25.2. The van der Waals surface area contributed by atoms with E-state index in [-0.39, 0.29) is 62.3 Å². The lowest BCUT2D eigenvalue weighted by molar-refractivity contribution is -0.138. The van der Waals surface area contributed by atoms with E-state index >= 15 is 0 Å². The van der Waals surface area contributed by atoms with Crippen molar-refractivity contribution in [1.29, 1.82) is 0 Å². The van der Waals surface area contributed by atoms with Crippen LogP contribution in [0.5, 0.6) is 11.5 Å². The smallest absolute Gasteiger partial charge is 0.463 e. The molecule has 2 fully saturated rings. The number of fused-ring (bicyclic) bond motifs is 1. The fourth-order valence-corrected chi connectivity index (χ4v) is 4.79. The molecule has 2 saturated heterocycles. The predicted octanol–water partition coefficient (Wildman–Crippen LogP) is 4.28. The van der Waals surface area contributed by atoms with E-state index in [2.05, 4.69) is 13.2 Å². The Morgan fingerprint density at radius 2 is 0.904 bits per heavy atom. The number of hydrogen-bond donors (Lipinski definition) is 0. The van der Waals surface area contributed by atoms with Crippen LogP contribution in [0.2, 0.25) is 0 Å². The molecule has 2 unspecified atom stereocenters. The summed E-state index contributed by atoms with van der Waals surface area (Å²) >= 11 is 0. The Bertz CT molecular complexity index is 1450. The maximum atomic E-state index is 12.8. The zero-order chi connectivity index (χ0) is 37.3. The van der Waals surface area contributed by atoms with Crippen LogP contribution >= 0.6 is 0 Å². The molecule has 4 atom stereocenters. The van der Waals surface area contributed by atoms with Gasteiger partial charge in [-0.3, -0.25) is 0 Å². The van der Waals surface area contributed by atoms with Gasteiger partial charge in [0.05, 0.1) is 50.8 Å². The third-order valence-electron chi connectivity index (χ3n) is 7.40. The summed E-state index contributed by atoms with van der Waals surface area (Å²) in [6.07, 6.45) is -0.714. The van der Waals surface area contributed by atoms with Crippen molar-refractivity contribution in [3.63, 3.8) is 0 Å². The van der Waals surface area contributed by atoms with Crippen molar-refractivity contribution in [2.45, 2.75) is 50.1 Å². The summed E-state index contributed by atoms with van der Waals surface area (Å²) in [5.74, 6) is -2.09. The Kier molecular flexibility index (Phi) is 15.2. The second-order valence-electron chi connectivity index (χ2n) is 11.1. The van der Waals surface area contributed by atoms with Crippen LogP contribution in [0.4, 0.5) is 9.59 Å². The topological polar surface area (TPSA) is 195 Å². The molecule has 278 valence electrons. The number of rotatable bonds is 18. The summed E-state index contributed by atoms with van der Waals surface area (Å²) in [4.78, 5) is 71.5. The molecule has 2 aromatic rings. The lowest BCUT2D eigenvalue weighted by Crippen LogP contribution is -2.36. The summed E-state index contributed by atoms with van der Waals surface area (Å²) in [6.45, 7) is 7.10. The monoisotopic (exact) mass is 726 g/mol. The van der Waals surface area contributed by atoms with Gasteiger partial charge in [0.15, 0.2) is 12.2 Å². The molecule has 2 aliphatic heterocycles. The van der Waals surface area contributed by atoms with E-state index < -0.39 is 60.6 Å². The molecule has 0 amide bonds. The first-order valence-electron chi connectivity index (χ1n) is 16.3. The second kappa shape index (κ2) is 20.2. The average molecular weight is 727 g/mol. The first kappa shape index (κ1) is 39.1. The summed E-state index contributed by atoms with van der Waals surface area (Å²) in [5, 5.41) is 0. The number of carbonyl (C=O) groups excluding carboxylic acids is 6. The van der Waals surface area contributed by atoms with Crippen molar-refractivity contribution in [2.24, 2.45) is 0 Å². The highest BCUT2D eigenvalue weighted by Crippen LogP contribution is 2.32. The van der Waals surface area contributed by atoms with Gasteiger partial charge in [-0.1, -0.05) is 13.2 Å². The normalized spacial score (nSPS) is 18.5. The van der Waals surface area contributed by atoms with Crippen molar-refractivity contribution < 1.29 is 76.1 Å². The van der Waals surface area contributed by atoms with Gasteiger partial charge in [0.25, 0.3) is 0 Å². The highest BCUT2D eigenvalue weighted by Gasteiger charge is 2.51. The van der Waals surface area contributed by atoms with Crippen LogP contribution in [-0.2, 0) is 47.5 Å². The van der Waals surface area contributed by atoms with Gasteiger partial charge in [-0.05, 0) is 74.2 Å². The van der Waals surface area contributed by atoms with E-state index in [4.69, 9.17) is 47.4 Å². The van der Waals surface area contributed by atoms with Crippen LogP contribution in [0.1, 0.15) is 46.4 Å². The second-order valence-corrected chi connectivity index (χ2v) is 11.1. The van der Waals surface area contributed by atoms with E-state index in [1.165, 1.54) is 48.5 Å². The number of benzene rings is 2. The number of unbranched alkanes of at least 4 members (excludes halogenated alkanes) is 2. The number of carbonyl (C=O) groups is 6. The van der Waals surface area contributed by atoms with E-state index in [1.807, 2.05) is 0 Å². The van der Waals surface area contributed by atoms with Crippen LogP contribution in [-0.4, -0.2) is 100 Å². The molecule has 2 heterocycles. The minimum Gasteiger partial charge on any atom is -0.463 e. The molecular weight excluding hydrogens is 688 g/mol. The Morgan fingerprint density at radius 3 is 1.25 bits per heavy atom. The van der Waals surface area contributed by atoms with E-state index in [9.17, 15) is 28.8 Å². The Labute approximate surface area is 298 Å². The molecule has 0 radical (unpaired) electrons. The molecule has 0 spiro atoms. The molecular formula is C36H38O16. The Morgan fingerprint density at radius 1 is 0.558 bits per heavy atom. The molecule has 4 rings (SSSR count).